The van der Waals surface area contributed by atoms with E-state index in [-0.39, 0.29) is 5.91 Å². The Morgan fingerprint density at radius 2 is 1.93 bits per heavy atom. The van der Waals surface area contributed by atoms with Crippen molar-refractivity contribution in [3.8, 4) is 5.75 Å². The molecule has 5 nitrogen and oxygen atoms in total. The lowest BCUT2D eigenvalue weighted by molar-refractivity contribution is 0.0743. The number of nitrogens with zero attached hydrogens (tertiary/aromatic N) is 3. The summed E-state index contributed by atoms with van der Waals surface area (Å²) in [4.78, 5) is 23.0. The lowest BCUT2D eigenvalue weighted by Gasteiger charge is -2.36. The highest BCUT2D eigenvalue weighted by atomic mass is 32.2. The van der Waals surface area contributed by atoms with Crippen molar-refractivity contribution in [1.29, 1.82) is 0 Å². The molecule has 0 bridgehead atoms. The summed E-state index contributed by atoms with van der Waals surface area (Å²) in [6.45, 7) is 5.06. The monoisotopic (exact) mass is 439 g/mol. The smallest absolute Gasteiger partial charge is 0.255 e. The van der Waals surface area contributed by atoms with Crippen molar-refractivity contribution in [2.75, 3.05) is 38.2 Å². The predicted molar refractivity (Wildman–Crippen MR) is 124 cm³/mol. The van der Waals surface area contributed by atoms with Gasteiger partial charge in [-0.2, -0.15) is 0 Å². The molecule has 4 rings (SSSR count). The van der Waals surface area contributed by atoms with Gasteiger partial charge in [0.25, 0.3) is 5.91 Å². The van der Waals surface area contributed by atoms with Gasteiger partial charge in [-0.3, -0.25) is 4.79 Å². The number of thioether (sulfide) groups is 1. The molecule has 1 aliphatic rings. The van der Waals surface area contributed by atoms with Crippen molar-refractivity contribution >= 4 is 34.7 Å². The maximum absolute atomic E-state index is 13.2. The average Bonchev–Trinajstić information content (AvgIpc) is 3.22. The van der Waals surface area contributed by atoms with Crippen LogP contribution in [0.5, 0.6) is 5.75 Å². The van der Waals surface area contributed by atoms with Crippen LogP contribution in [0.3, 0.4) is 0 Å². The van der Waals surface area contributed by atoms with Crippen LogP contribution in [0.1, 0.15) is 21.1 Å². The Balaban J connectivity index is 1.40. The van der Waals surface area contributed by atoms with Gasteiger partial charge in [-0.1, -0.05) is 18.2 Å². The van der Waals surface area contributed by atoms with E-state index in [1.54, 1.807) is 30.2 Å². The topological polar surface area (TPSA) is 45.7 Å². The van der Waals surface area contributed by atoms with E-state index in [0.717, 1.165) is 51.4 Å². The second-order valence-electron chi connectivity index (χ2n) is 7.12. The molecular formula is C23H25N3O2S2. The predicted octanol–water partition coefficient (Wildman–Crippen LogP) is 4.71. The van der Waals surface area contributed by atoms with E-state index < -0.39 is 0 Å². The minimum atomic E-state index is 0.109. The Labute approximate surface area is 185 Å². The summed E-state index contributed by atoms with van der Waals surface area (Å²) in [7, 11) is 1.68. The van der Waals surface area contributed by atoms with Crippen LogP contribution >= 0.6 is 23.1 Å². The van der Waals surface area contributed by atoms with Gasteiger partial charge < -0.3 is 14.5 Å². The molecule has 0 aliphatic carbocycles. The number of ether oxygens (including phenoxy) is 1. The molecule has 3 aromatic rings. The summed E-state index contributed by atoms with van der Waals surface area (Å²) in [5, 5.41) is 3.16. The molecule has 1 aromatic heterocycles. The molecule has 2 heterocycles. The Morgan fingerprint density at radius 1 is 1.13 bits per heavy atom. The number of rotatable bonds is 6. The molecule has 0 radical (unpaired) electrons. The van der Waals surface area contributed by atoms with Gasteiger partial charge in [0, 0.05) is 54.0 Å². The third-order valence-corrected chi connectivity index (χ3v) is 7.07. The van der Waals surface area contributed by atoms with Crippen molar-refractivity contribution in [1.82, 2.24) is 9.88 Å². The number of carbonyl (C=O) groups excluding carboxylic acids is 1. The van der Waals surface area contributed by atoms with Crippen LogP contribution < -0.4 is 9.64 Å². The molecule has 1 aliphatic heterocycles. The standard InChI is InChI=1S/C23H25N3O2S2/c1-17-24-18(15-29-17)16-30-22-9-4-3-8-21(22)23(27)26-12-10-25(11-13-26)19-6-5-7-20(14-19)28-2/h3-9,14-15H,10-13,16H2,1-2H3. The molecule has 156 valence electrons. The van der Waals surface area contributed by atoms with Crippen LogP contribution in [0.25, 0.3) is 0 Å². The summed E-state index contributed by atoms with van der Waals surface area (Å²) in [5.74, 6) is 1.74. The van der Waals surface area contributed by atoms with E-state index in [1.807, 2.05) is 54.3 Å². The molecular weight excluding hydrogens is 414 g/mol. The van der Waals surface area contributed by atoms with Crippen molar-refractivity contribution < 1.29 is 9.53 Å². The molecule has 0 spiro atoms. The van der Waals surface area contributed by atoms with Gasteiger partial charge >= 0.3 is 0 Å². The summed E-state index contributed by atoms with van der Waals surface area (Å²) in [6, 6.07) is 16.0. The molecule has 1 amide bonds. The minimum Gasteiger partial charge on any atom is -0.497 e. The fourth-order valence-corrected chi connectivity index (χ4v) is 5.20. The first kappa shape index (κ1) is 20.8. The zero-order valence-electron chi connectivity index (χ0n) is 17.2. The van der Waals surface area contributed by atoms with Gasteiger partial charge in [-0.15, -0.1) is 23.1 Å². The van der Waals surface area contributed by atoms with Crippen molar-refractivity contribution in [2.45, 2.75) is 17.6 Å². The van der Waals surface area contributed by atoms with E-state index in [0.29, 0.717) is 13.1 Å². The number of aryl methyl sites for hydroxylation is 1. The fourth-order valence-electron chi connectivity index (χ4n) is 3.54. The molecule has 30 heavy (non-hydrogen) atoms. The number of methoxy groups -OCH3 is 1. The highest BCUT2D eigenvalue weighted by Gasteiger charge is 2.24. The second-order valence-corrected chi connectivity index (χ2v) is 9.20. The molecule has 0 unspecified atom stereocenters. The maximum atomic E-state index is 13.2. The van der Waals surface area contributed by atoms with Crippen LogP contribution in [0.2, 0.25) is 0 Å². The molecule has 0 saturated carbocycles. The summed E-state index contributed by atoms with van der Waals surface area (Å²) < 4.78 is 5.33. The van der Waals surface area contributed by atoms with Gasteiger partial charge in [-0.05, 0) is 31.2 Å². The first-order chi connectivity index (χ1) is 14.6. The van der Waals surface area contributed by atoms with Gasteiger partial charge in [-0.25, -0.2) is 4.98 Å². The summed E-state index contributed by atoms with van der Waals surface area (Å²) in [6.07, 6.45) is 0. The zero-order chi connectivity index (χ0) is 20.9. The van der Waals surface area contributed by atoms with Crippen LogP contribution in [0.4, 0.5) is 5.69 Å². The lowest BCUT2D eigenvalue weighted by Crippen LogP contribution is -2.48. The molecule has 2 aromatic carbocycles. The summed E-state index contributed by atoms with van der Waals surface area (Å²) in [5.41, 5.74) is 2.98. The Kier molecular flexibility index (Phi) is 6.59. The van der Waals surface area contributed by atoms with Crippen LogP contribution in [0.15, 0.2) is 58.8 Å². The first-order valence-electron chi connectivity index (χ1n) is 9.95. The number of piperazine rings is 1. The van der Waals surface area contributed by atoms with Gasteiger partial charge in [0.2, 0.25) is 0 Å². The number of benzene rings is 2. The van der Waals surface area contributed by atoms with Gasteiger partial charge in [0.05, 0.1) is 23.4 Å². The SMILES string of the molecule is COc1cccc(N2CCN(C(=O)c3ccccc3SCc3csc(C)n3)CC2)c1. The number of carbonyl (C=O) groups is 1. The van der Waals surface area contributed by atoms with E-state index in [4.69, 9.17) is 4.74 Å². The highest BCUT2D eigenvalue weighted by molar-refractivity contribution is 7.98. The normalized spacial score (nSPS) is 14.1. The Bertz CT molecular complexity index is 1010. The maximum Gasteiger partial charge on any atom is 0.255 e. The number of thiazole rings is 1. The third-order valence-electron chi connectivity index (χ3n) is 5.14. The number of anilines is 1. The molecule has 1 saturated heterocycles. The van der Waals surface area contributed by atoms with Crippen molar-refractivity contribution in [3.05, 3.63) is 70.2 Å². The number of aromatic nitrogens is 1. The number of hydrogen-bond donors (Lipinski definition) is 0. The van der Waals surface area contributed by atoms with Crippen molar-refractivity contribution in [2.24, 2.45) is 0 Å². The number of amides is 1. The van der Waals surface area contributed by atoms with Crippen LogP contribution in [-0.4, -0.2) is 49.1 Å². The third kappa shape index (κ3) is 4.79. The highest BCUT2D eigenvalue weighted by Crippen LogP contribution is 2.28. The minimum absolute atomic E-state index is 0.109. The second kappa shape index (κ2) is 9.53. The Hall–Kier alpha value is -2.51. The van der Waals surface area contributed by atoms with Crippen LogP contribution in [0, 0.1) is 6.92 Å². The van der Waals surface area contributed by atoms with Crippen LogP contribution in [-0.2, 0) is 5.75 Å². The van der Waals surface area contributed by atoms with E-state index >= 15 is 0 Å². The van der Waals surface area contributed by atoms with E-state index in [9.17, 15) is 4.79 Å². The van der Waals surface area contributed by atoms with E-state index in [1.165, 1.54) is 0 Å². The average molecular weight is 440 g/mol. The van der Waals surface area contributed by atoms with Crippen molar-refractivity contribution in [3.63, 3.8) is 0 Å². The number of hydrogen-bond acceptors (Lipinski definition) is 6. The first-order valence-corrected chi connectivity index (χ1v) is 11.8. The molecule has 7 heteroatoms. The van der Waals surface area contributed by atoms with E-state index in [2.05, 4.69) is 21.3 Å². The fraction of sp³-hybridized carbons (Fsp3) is 0.304. The molecule has 0 atom stereocenters. The largest absolute Gasteiger partial charge is 0.497 e. The molecule has 1 fully saturated rings. The quantitative estimate of drug-likeness (QED) is 0.520. The molecule has 0 N–H and O–H groups in total. The zero-order valence-corrected chi connectivity index (χ0v) is 18.8. The van der Waals surface area contributed by atoms with Gasteiger partial charge in [0.15, 0.2) is 0 Å². The summed E-state index contributed by atoms with van der Waals surface area (Å²) >= 11 is 3.34. The Morgan fingerprint density at radius 3 is 2.67 bits per heavy atom. The van der Waals surface area contributed by atoms with Gasteiger partial charge in [0.1, 0.15) is 5.75 Å². The lowest BCUT2D eigenvalue weighted by atomic mass is 10.1.